The molecule has 1 aliphatic heterocycles. The lowest BCUT2D eigenvalue weighted by atomic mass is 9.93. The lowest BCUT2D eigenvalue weighted by Gasteiger charge is -2.47. The minimum Gasteiger partial charge on any atom is -0.293 e. The molecular formula is C21H33N3O3S2. The molecule has 0 aromatic heterocycles. The number of amides is 1. The molecule has 1 aliphatic carbocycles. The minimum absolute atomic E-state index is 0.0476. The van der Waals surface area contributed by atoms with Crippen molar-refractivity contribution in [1.29, 1.82) is 0 Å². The second-order valence-electron chi connectivity index (χ2n) is 8.02. The third-order valence-corrected chi connectivity index (χ3v) is 9.02. The molecule has 3 rings (SSSR count). The number of carbonyl (C=O) groups excluding carboxylic acids is 1. The Bertz CT molecular complexity index is 772. The summed E-state index contributed by atoms with van der Waals surface area (Å²) in [5, 5.41) is 0. The maximum Gasteiger partial charge on any atom is 0.263 e. The van der Waals surface area contributed by atoms with Crippen molar-refractivity contribution in [3.63, 3.8) is 0 Å². The van der Waals surface area contributed by atoms with Crippen molar-refractivity contribution in [2.45, 2.75) is 44.6 Å². The number of rotatable bonds is 8. The zero-order chi connectivity index (χ0) is 20.9. The van der Waals surface area contributed by atoms with Gasteiger partial charge in [-0.05, 0) is 31.4 Å². The maximum atomic E-state index is 13.0. The lowest BCUT2D eigenvalue weighted by Crippen LogP contribution is -2.60. The fourth-order valence-corrected chi connectivity index (χ4v) is 6.78. The number of sulfonamides is 1. The van der Waals surface area contributed by atoms with Crippen molar-refractivity contribution < 1.29 is 13.2 Å². The van der Waals surface area contributed by atoms with Crippen LogP contribution in [0.15, 0.2) is 30.3 Å². The van der Waals surface area contributed by atoms with E-state index in [1.54, 1.807) is 4.31 Å². The van der Waals surface area contributed by atoms with Gasteiger partial charge in [-0.2, -0.15) is 4.31 Å². The zero-order valence-corrected chi connectivity index (χ0v) is 19.2. The Morgan fingerprint density at radius 1 is 1.10 bits per heavy atom. The van der Waals surface area contributed by atoms with Gasteiger partial charge >= 0.3 is 0 Å². The second-order valence-corrected chi connectivity index (χ2v) is 10.9. The number of hydrogen-bond donors (Lipinski definition) is 0. The molecule has 0 atom stereocenters. The molecule has 0 unspecified atom stereocenters. The van der Waals surface area contributed by atoms with Crippen LogP contribution in [0, 0.1) is 0 Å². The summed E-state index contributed by atoms with van der Waals surface area (Å²) in [5.41, 5.74) is 0.666. The first-order chi connectivity index (χ1) is 13.9. The minimum atomic E-state index is -3.14. The third kappa shape index (κ3) is 5.16. The molecule has 2 fully saturated rings. The summed E-state index contributed by atoms with van der Waals surface area (Å²) < 4.78 is 28.4. The van der Waals surface area contributed by atoms with Crippen molar-refractivity contribution >= 4 is 27.9 Å². The maximum absolute atomic E-state index is 13.0. The molecule has 1 aromatic rings. The van der Waals surface area contributed by atoms with Crippen LogP contribution in [0.25, 0.3) is 0 Å². The Morgan fingerprint density at radius 2 is 1.72 bits per heavy atom. The molecule has 8 heteroatoms. The Morgan fingerprint density at radius 3 is 2.28 bits per heavy atom. The van der Waals surface area contributed by atoms with Crippen molar-refractivity contribution in [1.82, 2.24) is 13.5 Å². The van der Waals surface area contributed by atoms with Gasteiger partial charge in [-0.25, -0.2) is 8.42 Å². The van der Waals surface area contributed by atoms with Gasteiger partial charge in [0.25, 0.3) is 5.91 Å². The predicted octanol–water partition coefficient (Wildman–Crippen LogP) is 3.08. The van der Waals surface area contributed by atoms with E-state index in [1.807, 2.05) is 47.8 Å². The van der Waals surface area contributed by atoms with Gasteiger partial charge in [0.05, 0.1) is 12.3 Å². The van der Waals surface area contributed by atoms with Gasteiger partial charge in [0.2, 0.25) is 10.0 Å². The molecule has 1 saturated carbocycles. The van der Waals surface area contributed by atoms with Gasteiger partial charge in [0.15, 0.2) is 0 Å². The first kappa shape index (κ1) is 22.6. The topological polar surface area (TPSA) is 60.9 Å². The van der Waals surface area contributed by atoms with Crippen LogP contribution in [0.1, 0.15) is 49.4 Å². The van der Waals surface area contributed by atoms with E-state index in [1.165, 1.54) is 11.9 Å². The van der Waals surface area contributed by atoms with Crippen molar-refractivity contribution in [3.8, 4) is 0 Å². The molecule has 0 radical (unpaired) electrons. The van der Waals surface area contributed by atoms with E-state index in [-0.39, 0.29) is 17.2 Å². The predicted molar refractivity (Wildman–Crippen MR) is 119 cm³/mol. The molecule has 0 bridgehead atoms. The first-order valence-corrected chi connectivity index (χ1v) is 13.3. The van der Waals surface area contributed by atoms with Crippen LogP contribution in [0.3, 0.4) is 0 Å². The molecule has 0 N–H and O–H groups in total. The summed E-state index contributed by atoms with van der Waals surface area (Å²) in [4.78, 5) is 15.5. The molecule has 1 heterocycles. The van der Waals surface area contributed by atoms with E-state index >= 15 is 0 Å². The normalized spacial score (nSPS) is 20.6. The number of benzene rings is 1. The van der Waals surface area contributed by atoms with Crippen LogP contribution in [-0.4, -0.2) is 78.1 Å². The average molecular weight is 440 g/mol. The summed E-state index contributed by atoms with van der Waals surface area (Å²) in [5.74, 6) is 0.276. The molecule has 2 aliphatic rings. The van der Waals surface area contributed by atoms with E-state index in [0.29, 0.717) is 31.6 Å². The smallest absolute Gasteiger partial charge is 0.263 e. The molecule has 1 amide bonds. The van der Waals surface area contributed by atoms with Crippen molar-refractivity contribution in [2.24, 2.45) is 0 Å². The van der Waals surface area contributed by atoms with Crippen LogP contribution in [0.2, 0.25) is 0 Å². The Balaban J connectivity index is 1.71. The van der Waals surface area contributed by atoms with Crippen LogP contribution in [-0.2, 0) is 10.0 Å². The molecule has 29 heavy (non-hydrogen) atoms. The summed E-state index contributed by atoms with van der Waals surface area (Å²) in [7, 11) is -3.14. The lowest BCUT2D eigenvalue weighted by molar-refractivity contribution is 0.0410. The molecule has 6 nitrogen and oxygen atoms in total. The summed E-state index contributed by atoms with van der Waals surface area (Å²) in [6, 6.07) is 9.44. The van der Waals surface area contributed by atoms with Crippen LogP contribution < -0.4 is 0 Å². The Labute approximate surface area is 179 Å². The van der Waals surface area contributed by atoms with Gasteiger partial charge < -0.3 is 0 Å². The summed E-state index contributed by atoms with van der Waals surface area (Å²) in [6.45, 7) is 5.17. The van der Waals surface area contributed by atoms with E-state index in [0.717, 1.165) is 38.8 Å². The van der Waals surface area contributed by atoms with Crippen molar-refractivity contribution in [3.05, 3.63) is 35.9 Å². The summed E-state index contributed by atoms with van der Waals surface area (Å²) >= 11 is 1.48. The molecule has 1 aromatic carbocycles. The Hall–Kier alpha value is -1.09. The fraction of sp³-hybridized carbons (Fsp3) is 0.667. The number of carbonyl (C=O) groups is 1. The van der Waals surface area contributed by atoms with Crippen LogP contribution in [0.5, 0.6) is 0 Å². The van der Waals surface area contributed by atoms with Crippen molar-refractivity contribution in [2.75, 3.05) is 44.7 Å². The number of hydrogen-bond acceptors (Lipinski definition) is 5. The van der Waals surface area contributed by atoms with Crippen LogP contribution >= 0.6 is 11.9 Å². The highest BCUT2D eigenvalue weighted by Crippen LogP contribution is 2.38. The number of piperazine rings is 1. The van der Waals surface area contributed by atoms with Gasteiger partial charge in [-0.1, -0.05) is 49.9 Å². The average Bonchev–Trinajstić information content (AvgIpc) is 3.22. The van der Waals surface area contributed by atoms with E-state index in [2.05, 4.69) is 4.90 Å². The van der Waals surface area contributed by atoms with Gasteiger partial charge in [0, 0.05) is 43.5 Å². The molecule has 162 valence electrons. The highest BCUT2D eigenvalue weighted by atomic mass is 32.2. The van der Waals surface area contributed by atoms with Crippen LogP contribution in [0.4, 0.5) is 0 Å². The monoisotopic (exact) mass is 439 g/mol. The fourth-order valence-electron chi connectivity index (χ4n) is 4.65. The SMILES string of the molecule is CCCS(=O)(=O)N1CCN(C2(CN(SC)C(=O)c3ccccc3)CCCC2)CC1. The Kier molecular flexibility index (Phi) is 7.64. The standard InChI is InChI=1S/C21H33N3O3S2/c1-3-17-29(26,27)23-15-13-22(14-16-23)21(11-7-8-12-21)18-24(28-2)20(25)19-9-5-4-6-10-19/h4-6,9-10H,3,7-8,11-18H2,1-2H3. The zero-order valence-electron chi connectivity index (χ0n) is 17.5. The van der Waals surface area contributed by atoms with E-state index in [9.17, 15) is 13.2 Å². The van der Waals surface area contributed by atoms with E-state index < -0.39 is 10.0 Å². The quantitative estimate of drug-likeness (QED) is 0.583. The van der Waals surface area contributed by atoms with Gasteiger partial charge in [-0.15, -0.1) is 0 Å². The summed E-state index contributed by atoms with van der Waals surface area (Å²) in [6.07, 6.45) is 7.06. The molecule has 0 spiro atoms. The highest BCUT2D eigenvalue weighted by Gasteiger charge is 2.43. The van der Waals surface area contributed by atoms with E-state index in [4.69, 9.17) is 0 Å². The second kappa shape index (κ2) is 9.81. The van der Waals surface area contributed by atoms with Gasteiger partial charge in [0.1, 0.15) is 0 Å². The number of nitrogens with zero attached hydrogens (tertiary/aromatic N) is 3. The largest absolute Gasteiger partial charge is 0.293 e. The highest BCUT2D eigenvalue weighted by molar-refractivity contribution is 7.96. The molecular weight excluding hydrogens is 406 g/mol. The molecule has 1 saturated heterocycles. The van der Waals surface area contributed by atoms with Gasteiger partial charge in [-0.3, -0.25) is 14.0 Å². The third-order valence-electron chi connectivity index (χ3n) is 6.20. The first-order valence-electron chi connectivity index (χ1n) is 10.6.